The first kappa shape index (κ1) is 13.8. The molecule has 1 saturated carbocycles. The van der Waals surface area contributed by atoms with Crippen molar-refractivity contribution in [3.05, 3.63) is 34.3 Å². The first-order valence-electron chi connectivity index (χ1n) is 6.71. The van der Waals surface area contributed by atoms with Gasteiger partial charge >= 0.3 is 0 Å². The van der Waals surface area contributed by atoms with Gasteiger partial charge in [-0.15, -0.1) is 0 Å². The Morgan fingerprint density at radius 1 is 1.28 bits per heavy atom. The lowest BCUT2D eigenvalue weighted by Gasteiger charge is -2.21. The molecule has 0 bridgehead atoms. The second kappa shape index (κ2) is 7.05. The molecular weight excluding hydrogens is 290 g/mol. The molecule has 98 valence electrons. The molecule has 0 aromatic heterocycles. The third-order valence-electron chi connectivity index (χ3n) is 3.58. The van der Waals surface area contributed by atoms with E-state index in [1.807, 2.05) is 0 Å². The van der Waals surface area contributed by atoms with Gasteiger partial charge in [-0.05, 0) is 56.0 Å². The molecular formula is C15H20BrNO. The van der Waals surface area contributed by atoms with Crippen LogP contribution in [-0.2, 0) is 11.2 Å². The molecule has 0 heterocycles. The molecule has 2 rings (SSSR count). The van der Waals surface area contributed by atoms with Gasteiger partial charge in [-0.2, -0.15) is 0 Å². The highest BCUT2D eigenvalue weighted by Gasteiger charge is 2.17. The molecule has 3 heteroatoms. The van der Waals surface area contributed by atoms with Crippen LogP contribution in [0.5, 0.6) is 0 Å². The molecule has 0 radical (unpaired) electrons. The summed E-state index contributed by atoms with van der Waals surface area (Å²) in [6.45, 7) is 2.07. The average Bonchev–Trinajstić information content (AvgIpc) is 2.37. The van der Waals surface area contributed by atoms with Gasteiger partial charge in [-0.25, -0.2) is 0 Å². The van der Waals surface area contributed by atoms with Crippen molar-refractivity contribution in [3.63, 3.8) is 0 Å². The summed E-state index contributed by atoms with van der Waals surface area (Å²) in [5, 5.41) is 3.51. The molecule has 18 heavy (non-hydrogen) atoms. The van der Waals surface area contributed by atoms with E-state index < -0.39 is 0 Å². The zero-order valence-electron chi connectivity index (χ0n) is 10.6. The van der Waals surface area contributed by atoms with Crippen LogP contribution in [0.2, 0.25) is 0 Å². The minimum atomic E-state index is 0.445. The summed E-state index contributed by atoms with van der Waals surface area (Å²) in [4.78, 5) is 11.1. The Balaban J connectivity index is 1.63. The van der Waals surface area contributed by atoms with E-state index in [4.69, 9.17) is 0 Å². The number of Topliss-reactive ketones (excluding diaryl/α,β-unsaturated/α-hetero) is 1. The van der Waals surface area contributed by atoms with Gasteiger partial charge in [0.2, 0.25) is 0 Å². The fraction of sp³-hybridized carbons (Fsp3) is 0.533. The molecule has 0 aliphatic heterocycles. The van der Waals surface area contributed by atoms with Crippen molar-refractivity contribution >= 4 is 21.7 Å². The van der Waals surface area contributed by atoms with Crippen LogP contribution in [0.4, 0.5) is 0 Å². The third kappa shape index (κ3) is 4.54. The standard InChI is InChI=1S/C15H20BrNO/c16-14-3-1-2-12(10-14)8-9-17-11-13-4-6-15(18)7-5-13/h1-3,10,13,17H,4-9,11H2. The van der Waals surface area contributed by atoms with Crippen molar-refractivity contribution in [3.8, 4) is 0 Å². The molecule has 2 nitrogen and oxygen atoms in total. The van der Waals surface area contributed by atoms with Crippen LogP contribution in [0.15, 0.2) is 28.7 Å². The van der Waals surface area contributed by atoms with Gasteiger partial charge < -0.3 is 5.32 Å². The highest BCUT2D eigenvalue weighted by atomic mass is 79.9. The van der Waals surface area contributed by atoms with Gasteiger partial charge in [0.15, 0.2) is 0 Å². The smallest absolute Gasteiger partial charge is 0.132 e. The summed E-state index contributed by atoms with van der Waals surface area (Å²) in [5.74, 6) is 1.14. The second-order valence-electron chi connectivity index (χ2n) is 5.07. The Kier molecular flexibility index (Phi) is 5.39. The molecule has 1 aromatic rings. The molecule has 1 aromatic carbocycles. The molecule has 0 saturated heterocycles. The molecule has 0 amide bonds. The van der Waals surface area contributed by atoms with Crippen molar-refractivity contribution in [1.29, 1.82) is 0 Å². The summed E-state index contributed by atoms with van der Waals surface area (Å²) < 4.78 is 1.14. The third-order valence-corrected chi connectivity index (χ3v) is 4.07. The van der Waals surface area contributed by atoms with Crippen LogP contribution >= 0.6 is 15.9 Å². The number of ketones is 1. The lowest BCUT2D eigenvalue weighted by atomic mass is 9.88. The zero-order valence-corrected chi connectivity index (χ0v) is 12.2. The normalized spacial score (nSPS) is 17.1. The summed E-state index contributed by atoms with van der Waals surface area (Å²) in [5.41, 5.74) is 1.36. The van der Waals surface area contributed by atoms with Gasteiger partial charge in [0, 0.05) is 17.3 Å². The van der Waals surface area contributed by atoms with Crippen LogP contribution in [0, 0.1) is 5.92 Å². The van der Waals surface area contributed by atoms with Crippen LogP contribution in [0.3, 0.4) is 0 Å². The first-order chi connectivity index (χ1) is 8.74. The Bertz CT molecular complexity index is 395. The lowest BCUT2D eigenvalue weighted by molar-refractivity contribution is -0.120. The maximum absolute atomic E-state index is 11.1. The van der Waals surface area contributed by atoms with Crippen molar-refractivity contribution in [2.45, 2.75) is 32.1 Å². The Hall–Kier alpha value is -0.670. The number of rotatable bonds is 5. The predicted octanol–water partition coefficient (Wildman–Crippen LogP) is 3.34. The van der Waals surface area contributed by atoms with Crippen LogP contribution in [0.25, 0.3) is 0 Å². The fourth-order valence-corrected chi connectivity index (χ4v) is 2.88. The van der Waals surface area contributed by atoms with E-state index >= 15 is 0 Å². The number of hydrogen-bond acceptors (Lipinski definition) is 2. The molecule has 1 aliphatic rings. The van der Waals surface area contributed by atoms with Gasteiger partial charge in [0.25, 0.3) is 0 Å². The van der Waals surface area contributed by atoms with E-state index in [1.165, 1.54) is 5.56 Å². The minimum absolute atomic E-state index is 0.445. The quantitative estimate of drug-likeness (QED) is 0.845. The number of benzene rings is 1. The number of hydrogen-bond donors (Lipinski definition) is 1. The van der Waals surface area contributed by atoms with Gasteiger partial charge in [0.1, 0.15) is 5.78 Å². The van der Waals surface area contributed by atoms with Crippen LogP contribution in [0.1, 0.15) is 31.2 Å². The first-order valence-corrected chi connectivity index (χ1v) is 7.50. The van der Waals surface area contributed by atoms with Gasteiger partial charge in [0.05, 0.1) is 0 Å². The van der Waals surface area contributed by atoms with Crippen molar-refractivity contribution in [2.24, 2.45) is 5.92 Å². The molecule has 1 N–H and O–H groups in total. The van der Waals surface area contributed by atoms with E-state index in [2.05, 4.69) is 45.5 Å². The molecule has 0 atom stereocenters. The van der Waals surface area contributed by atoms with E-state index in [0.717, 1.165) is 49.7 Å². The van der Waals surface area contributed by atoms with Crippen molar-refractivity contribution in [2.75, 3.05) is 13.1 Å². The van der Waals surface area contributed by atoms with Gasteiger partial charge in [-0.3, -0.25) is 4.79 Å². The summed E-state index contributed by atoms with van der Waals surface area (Å²) in [6, 6.07) is 8.45. The maximum atomic E-state index is 11.1. The number of nitrogens with one attached hydrogen (secondary N) is 1. The van der Waals surface area contributed by atoms with E-state index in [9.17, 15) is 4.79 Å². The molecule has 0 spiro atoms. The highest BCUT2D eigenvalue weighted by molar-refractivity contribution is 9.10. The topological polar surface area (TPSA) is 29.1 Å². The Labute approximate surface area is 117 Å². The number of halogens is 1. The molecule has 1 fully saturated rings. The monoisotopic (exact) mass is 309 g/mol. The van der Waals surface area contributed by atoms with E-state index in [0.29, 0.717) is 11.7 Å². The fourth-order valence-electron chi connectivity index (χ4n) is 2.44. The molecule has 0 unspecified atom stereocenters. The number of carbonyl (C=O) groups is 1. The van der Waals surface area contributed by atoms with Crippen molar-refractivity contribution in [1.82, 2.24) is 5.32 Å². The zero-order chi connectivity index (χ0) is 12.8. The highest BCUT2D eigenvalue weighted by Crippen LogP contribution is 2.20. The lowest BCUT2D eigenvalue weighted by Crippen LogP contribution is -2.28. The average molecular weight is 310 g/mol. The van der Waals surface area contributed by atoms with E-state index in [1.54, 1.807) is 0 Å². The predicted molar refractivity (Wildman–Crippen MR) is 77.7 cm³/mol. The van der Waals surface area contributed by atoms with Crippen molar-refractivity contribution < 1.29 is 4.79 Å². The largest absolute Gasteiger partial charge is 0.316 e. The van der Waals surface area contributed by atoms with Gasteiger partial charge in [-0.1, -0.05) is 28.1 Å². The Morgan fingerprint density at radius 3 is 2.78 bits per heavy atom. The summed E-state index contributed by atoms with van der Waals surface area (Å²) >= 11 is 3.49. The Morgan fingerprint density at radius 2 is 2.06 bits per heavy atom. The van der Waals surface area contributed by atoms with E-state index in [-0.39, 0.29) is 0 Å². The summed E-state index contributed by atoms with van der Waals surface area (Å²) in [7, 11) is 0. The maximum Gasteiger partial charge on any atom is 0.132 e. The summed E-state index contributed by atoms with van der Waals surface area (Å²) in [6.07, 6.45) is 4.78. The van der Waals surface area contributed by atoms with Crippen LogP contribution in [-0.4, -0.2) is 18.9 Å². The molecule has 1 aliphatic carbocycles. The minimum Gasteiger partial charge on any atom is -0.316 e. The second-order valence-corrected chi connectivity index (χ2v) is 5.98. The SMILES string of the molecule is O=C1CCC(CNCCc2cccc(Br)c2)CC1. The van der Waals surface area contributed by atoms with Crippen LogP contribution < -0.4 is 5.32 Å². The number of carbonyl (C=O) groups excluding carboxylic acids is 1.